The van der Waals surface area contributed by atoms with Crippen molar-refractivity contribution in [2.75, 3.05) is 13.7 Å². The van der Waals surface area contributed by atoms with Gasteiger partial charge < -0.3 is 15.0 Å². The number of methoxy groups -OCH3 is 1. The molecule has 1 aliphatic heterocycles. The minimum absolute atomic E-state index is 0.0115. The highest BCUT2D eigenvalue weighted by Crippen LogP contribution is 2.29. The zero-order valence-electron chi connectivity index (χ0n) is 12.1. The van der Waals surface area contributed by atoms with Crippen LogP contribution in [0.1, 0.15) is 30.9 Å². The Bertz CT molecular complexity index is 532. The van der Waals surface area contributed by atoms with Gasteiger partial charge in [-0.2, -0.15) is 0 Å². The van der Waals surface area contributed by atoms with E-state index in [0.29, 0.717) is 0 Å². The molecule has 5 heteroatoms. The summed E-state index contributed by atoms with van der Waals surface area (Å²) in [6.07, 6.45) is 2.86. The number of nitrogens with one attached hydrogen (secondary N) is 1. The van der Waals surface area contributed by atoms with Crippen molar-refractivity contribution in [1.82, 2.24) is 10.2 Å². The molecule has 1 aromatic carbocycles. The third kappa shape index (κ3) is 2.78. The van der Waals surface area contributed by atoms with Crippen molar-refractivity contribution in [2.24, 2.45) is 0 Å². The Kier molecular flexibility index (Phi) is 3.92. The van der Waals surface area contributed by atoms with Crippen LogP contribution < -0.4 is 5.32 Å². The first-order valence-electron chi connectivity index (χ1n) is 7.36. The molecule has 1 N–H and O–H groups in total. The van der Waals surface area contributed by atoms with Gasteiger partial charge in [0.2, 0.25) is 5.91 Å². The Labute approximate surface area is 124 Å². The van der Waals surface area contributed by atoms with E-state index >= 15 is 0 Å². The highest BCUT2D eigenvalue weighted by atomic mass is 16.5. The lowest BCUT2D eigenvalue weighted by atomic mass is 10.0. The second kappa shape index (κ2) is 5.85. The summed E-state index contributed by atoms with van der Waals surface area (Å²) in [5.74, 6) is -0.105. The quantitative estimate of drug-likeness (QED) is 0.911. The van der Waals surface area contributed by atoms with E-state index in [0.717, 1.165) is 24.8 Å². The van der Waals surface area contributed by atoms with Crippen LogP contribution in [0.3, 0.4) is 0 Å². The smallest absolute Gasteiger partial charge is 0.250 e. The standard InChI is InChI=1S/C16H20N2O3/c1-21-13-8-7-12(9-13)18-10-14(19)17-15(16(18)20)11-5-3-2-4-6-11/h2-6,12-13,15H,7-10H2,1H3,(H,17,19). The summed E-state index contributed by atoms with van der Waals surface area (Å²) in [5.41, 5.74) is 0.835. The van der Waals surface area contributed by atoms with Crippen molar-refractivity contribution in [1.29, 1.82) is 0 Å². The van der Waals surface area contributed by atoms with E-state index in [2.05, 4.69) is 5.32 Å². The summed E-state index contributed by atoms with van der Waals surface area (Å²) in [6.45, 7) is 0.156. The van der Waals surface area contributed by atoms with Gasteiger partial charge >= 0.3 is 0 Å². The fourth-order valence-corrected chi connectivity index (χ4v) is 3.26. The third-order valence-electron chi connectivity index (χ3n) is 4.41. The van der Waals surface area contributed by atoms with E-state index in [1.807, 2.05) is 30.3 Å². The SMILES string of the molecule is COC1CCC(N2CC(=O)NC(c3ccccc3)C2=O)C1. The number of amides is 2. The topological polar surface area (TPSA) is 58.6 Å². The lowest BCUT2D eigenvalue weighted by molar-refractivity contribution is -0.146. The molecule has 1 saturated carbocycles. The first-order valence-corrected chi connectivity index (χ1v) is 7.36. The highest BCUT2D eigenvalue weighted by Gasteiger charge is 2.40. The second-order valence-electron chi connectivity index (χ2n) is 5.70. The molecule has 21 heavy (non-hydrogen) atoms. The highest BCUT2D eigenvalue weighted by molar-refractivity contribution is 5.95. The first kappa shape index (κ1) is 14.1. The van der Waals surface area contributed by atoms with Crippen LogP contribution in [0.5, 0.6) is 0 Å². The number of ether oxygens (including phenoxy) is 1. The molecular weight excluding hydrogens is 268 g/mol. The fourth-order valence-electron chi connectivity index (χ4n) is 3.26. The number of hydrogen-bond donors (Lipinski definition) is 1. The van der Waals surface area contributed by atoms with Gasteiger partial charge in [0.05, 0.1) is 12.6 Å². The van der Waals surface area contributed by atoms with E-state index in [9.17, 15) is 9.59 Å². The number of benzene rings is 1. The van der Waals surface area contributed by atoms with Crippen molar-refractivity contribution in [3.05, 3.63) is 35.9 Å². The van der Waals surface area contributed by atoms with Crippen molar-refractivity contribution >= 4 is 11.8 Å². The molecule has 0 aromatic heterocycles. The molecule has 0 bridgehead atoms. The van der Waals surface area contributed by atoms with E-state index in [1.54, 1.807) is 12.0 Å². The summed E-state index contributed by atoms with van der Waals surface area (Å²) in [7, 11) is 1.70. The van der Waals surface area contributed by atoms with Crippen LogP contribution in [0.25, 0.3) is 0 Å². The lowest BCUT2D eigenvalue weighted by Crippen LogP contribution is -2.56. The number of carbonyl (C=O) groups excluding carboxylic acids is 2. The average molecular weight is 288 g/mol. The zero-order chi connectivity index (χ0) is 14.8. The van der Waals surface area contributed by atoms with Gasteiger partial charge in [0, 0.05) is 13.2 Å². The predicted molar refractivity (Wildman–Crippen MR) is 77.5 cm³/mol. The van der Waals surface area contributed by atoms with Crippen LogP contribution in [0, 0.1) is 0 Å². The number of nitrogens with zero attached hydrogens (tertiary/aromatic N) is 1. The molecule has 1 saturated heterocycles. The Morgan fingerprint density at radius 1 is 1.19 bits per heavy atom. The second-order valence-corrected chi connectivity index (χ2v) is 5.70. The minimum Gasteiger partial charge on any atom is -0.381 e. The largest absolute Gasteiger partial charge is 0.381 e. The molecule has 3 atom stereocenters. The lowest BCUT2D eigenvalue weighted by Gasteiger charge is -2.36. The van der Waals surface area contributed by atoms with E-state index in [1.165, 1.54) is 0 Å². The summed E-state index contributed by atoms with van der Waals surface area (Å²) < 4.78 is 5.37. The minimum atomic E-state index is -0.561. The van der Waals surface area contributed by atoms with Gasteiger partial charge in [-0.25, -0.2) is 0 Å². The summed E-state index contributed by atoms with van der Waals surface area (Å²) in [6, 6.07) is 8.96. The number of hydrogen-bond acceptors (Lipinski definition) is 3. The Morgan fingerprint density at radius 2 is 1.95 bits per heavy atom. The zero-order valence-corrected chi connectivity index (χ0v) is 12.1. The van der Waals surface area contributed by atoms with E-state index < -0.39 is 6.04 Å². The molecule has 2 amide bonds. The first-order chi connectivity index (χ1) is 10.2. The molecule has 2 aliphatic rings. The van der Waals surface area contributed by atoms with Gasteiger partial charge in [-0.05, 0) is 24.8 Å². The number of carbonyl (C=O) groups is 2. The Hall–Kier alpha value is -1.88. The molecule has 2 fully saturated rings. The maximum atomic E-state index is 12.7. The molecule has 3 unspecified atom stereocenters. The van der Waals surface area contributed by atoms with Crippen LogP contribution in [0.15, 0.2) is 30.3 Å². The molecule has 1 aliphatic carbocycles. The summed E-state index contributed by atoms with van der Waals surface area (Å²) in [4.78, 5) is 26.4. The third-order valence-corrected chi connectivity index (χ3v) is 4.41. The number of rotatable bonds is 3. The summed E-state index contributed by atoms with van der Waals surface area (Å²) in [5, 5.41) is 2.80. The molecule has 112 valence electrons. The van der Waals surface area contributed by atoms with Crippen molar-refractivity contribution in [3.8, 4) is 0 Å². The van der Waals surface area contributed by atoms with Gasteiger partial charge in [0.1, 0.15) is 6.04 Å². The van der Waals surface area contributed by atoms with Gasteiger partial charge in [0.25, 0.3) is 5.91 Å². The monoisotopic (exact) mass is 288 g/mol. The average Bonchev–Trinajstić information content (AvgIpc) is 2.99. The van der Waals surface area contributed by atoms with Gasteiger partial charge in [-0.15, -0.1) is 0 Å². The molecule has 0 radical (unpaired) electrons. The normalized spacial score (nSPS) is 29.6. The number of piperazine rings is 1. The Morgan fingerprint density at radius 3 is 2.62 bits per heavy atom. The van der Waals surface area contributed by atoms with Gasteiger partial charge in [-0.3, -0.25) is 9.59 Å². The fraction of sp³-hybridized carbons (Fsp3) is 0.500. The Balaban J connectivity index is 1.79. The van der Waals surface area contributed by atoms with Crippen LogP contribution in [-0.4, -0.2) is 42.5 Å². The molecule has 1 aromatic rings. The maximum Gasteiger partial charge on any atom is 0.250 e. The van der Waals surface area contributed by atoms with Gasteiger partial charge in [-0.1, -0.05) is 30.3 Å². The van der Waals surface area contributed by atoms with E-state index in [-0.39, 0.29) is 30.5 Å². The molecule has 3 rings (SSSR count). The molecule has 0 spiro atoms. The maximum absolute atomic E-state index is 12.7. The summed E-state index contributed by atoms with van der Waals surface area (Å²) >= 11 is 0. The van der Waals surface area contributed by atoms with Crippen LogP contribution >= 0.6 is 0 Å². The molecular formula is C16H20N2O3. The van der Waals surface area contributed by atoms with E-state index in [4.69, 9.17) is 4.74 Å². The van der Waals surface area contributed by atoms with Crippen LogP contribution in [-0.2, 0) is 14.3 Å². The van der Waals surface area contributed by atoms with Crippen molar-refractivity contribution < 1.29 is 14.3 Å². The van der Waals surface area contributed by atoms with Crippen molar-refractivity contribution in [3.63, 3.8) is 0 Å². The van der Waals surface area contributed by atoms with Crippen LogP contribution in [0.4, 0.5) is 0 Å². The van der Waals surface area contributed by atoms with Crippen molar-refractivity contribution in [2.45, 2.75) is 37.5 Å². The molecule has 1 heterocycles. The predicted octanol–water partition coefficient (Wildman–Crippen LogP) is 1.25. The molecule has 5 nitrogen and oxygen atoms in total. The van der Waals surface area contributed by atoms with Crippen LogP contribution in [0.2, 0.25) is 0 Å². The van der Waals surface area contributed by atoms with Gasteiger partial charge in [0.15, 0.2) is 0 Å².